The van der Waals surface area contributed by atoms with Crippen LogP contribution in [0.2, 0.25) is 0 Å². The van der Waals surface area contributed by atoms with Gasteiger partial charge in [0.15, 0.2) is 0 Å². The van der Waals surface area contributed by atoms with E-state index in [1.807, 2.05) is 62.5 Å². The number of carbonyl (C=O) groups is 1. The molecule has 1 amide bonds. The van der Waals surface area contributed by atoms with Crippen LogP contribution in [0.25, 0.3) is 45.4 Å². The van der Waals surface area contributed by atoms with E-state index in [0.717, 1.165) is 59.3 Å². The Morgan fingerprint density at radius 3 is 2.56 bits per heavy atom. The van der Waals surface area contributed by atoms with Crippen LogP contribution in [0, 0.1) is 5.92 Å². The molecule has 39 heavy (non-hydrogen) atoms. The zero-order chi connectivity index (χ0) is 26.7. The third kappa shape index (κ3) is 4.27. The Kier molecular flexibility index (Phi) is 5.36. The number of likely N-dealkylation sites (tertiary alicyclic amines) is 1. The second-order valence-corrected chi connectivity index (χ2v) is 10.3. The zero-order valence-corrected chi connectivity index (χ0v) is 20.9. The van der Waals surface area contributed by atoms with Gasteiger partial charge in [-0.05, 0) is 60.7 Å². The van der Waals surface area contributed by atoms with Crippen LogP contribution in [-0.4, -0.2) is 42.8 Å². The highest BCUT2D eigenvalue weighted by atomic mass is 19.4. The van der Waals surface area contributed by atoms with Crippen molar-refractivity contribution in [1.29, 1.82) is 0 Å². The number of fused-ring (bicyclic) bond motifs is 2. The minimum absolute atomic E-state index is 0.154. The number of aromatic nitrogens is 4. The fraction of sp³-hybridized carbons (Fsp3) is 0.233. The predicted octanol–water partition coefficient (Wildman–Crippen LogP) is 6.52. The SMILES string of the molecule is O=C(C1CC1)N1CC/C(=C\n2c(-c3ccc(-c4cccc5cncn45)cc3)nc3cc(C(F)(F)F)ccc32)C1. The number of hydrogen-bond acceptors (Lipinski definition) is 3. The van der Waals surface area contributed by atoms with Crippen molar-refractivity contribution in [1.82, 2.24) is 23.8 Å². The lowest BCUT2D eigenvalue weighted by molar-refractivity contribution is -0.137. The standard InChI is InChI=1S/C30H24F3N5O/c31-30(32,33)23-10-11-27-25(14-23)35-28(37(27)17-19-12-13-36(16-19)29(39)22-8-9-22)21-6-4-20(5-7-21)26-3-1-2-24-15-34-18-38(24)26/h1-7,10-11,14-15,17-18,22H,8-9,12-13,16H2/b19-17+. The van der Waals surface area contributed by atoms with Crippen LogP contribution in [0.4, 0.5) is 13.2 Å². The van der Waals surface area contributed by atoms with Crippen molar-refractivity contribution in [3.63, 3.8) is 0 Å². The molecule has 0 spiro atoms. The van der Waals surface area contributed by atoms with Crippen LogP contribution >= 0.6 is 0 Å². The number of amides is 1. The highest BCUT2D eigenvalue weighted by Gasteiger charge is 2.35. The van der Waals surface area contributed by atoms with E-state index in [2.05, 4.69) is 9.97 Å². The van der Waals surface area contributed by atoms with Gasteiger partial charge in [-0.2, -0.15) is 13.2 Å². The van der Waals surface area contributed by atoms with Crippen molar-refractivity contribution >= 4 is 28.7 Å². The molecule has 0 bridgehead atoms. The maximum Gasteiger partial charge on any atom is 0.416 e. The number of carbonyl (C=O) groups excluding carboxylic acids is 1. The Bertz CT molecular complexity index is 1760. The molecule has 2 fully saturated rings. The van der Waals surface area contributed by atoms with Gasteiger partial charge < -0.3 is 4.90 Å². The molecular formula is C30H24F3N5O. The van der Waals surface area contributed by atoms with Gasteiger partial charge in [0.25, 0.3) is 0 Å². The van der Waals surface area contributed by atoms with Crippen LogP contribution in [0.3, 0.4) is 0 Å². The summed E-state index contributed by atoms with van der Waals surface area (Å²) in [6, 6.07) is 17.5. The van der Waals surface area contributed by atoms with Crippen molar-refractivity contribution in [2.24, 2.45) is 5.92 Å². The van der Waals surface area contributed by atoms with E-state index in [0.29, 0.717) is 24.4 Å². The molecule has 196 valence electrons. The Hall–Kier alpha value is -4.40. The number of pyridine rings is 1. The molecule has 0 radical (unpaired) electrons. The van der Waals surface area contributed by atoms with Gasteiger partial charge in [-0.1, -0.05) is 30.3 Å². The molecule has 2 aliphatic rings. The molecular weight excluding hydrogens is 503 g/mol. The Balaban J connectivity index is 1.30. The minimum Gasteiger partial charge on any atom is -0.338 e. The third-order valence-corrected chi connectivity index (χ3v) is 7.55. The lowest BCUT2D eigenvalue weighted by atomic mass is 10.1. The molecule has 6 nitrogen and oxygen atoms in total. The van der Waals surface area contributed by atoms with Crippen LogP contribution in [0.5, 0.6) is 0 Å². The summed E-state index contributed by atoms with van der Waals surface area (Å²) in [6.45, 7) is 1.19. The molecule has 0 N–H and O–H groups in total. The second-order valence-electron chi connectivity index (χ2n) is 10.3. The van der Waals surface area contributed by atoms with Crippen molar-refractivity contribution in [3.05, 3.63) is 84.3 Å². The van der Waals surface area contributed by atoms with Crippen molar-refractivity contribution in [2.75, 3.05) is 13.1 Å². The minimum atomic E-state index is -4.46. The molecule has 7 rings (SSSR count). The molecule has 4 heterocycles. The van der Waals surface area contributed by atoms with E-state index < -0.39 is 11.7 Å². The maximum absolute atomic E-state index is 13.5. The summed E-state index contributed by atoms with van der Waals surface area (Å²) in [7, 11) is 0. The zero-order valence-electron chi connectivity index (χ0n) is 20.9. The maximum atomic E-state index is 13.5. The summed E-state index contributed by atoms with van der Waals surface area (Å²) in [5, 5.41) is 0. The normalized spacial score (nSPS) is 17.1. The Morgan fingerprint density at radius 1 is 1.00 bits per heavy atom. The summed E-state index contributed by atoms with van der Waals surface area (Å²) in [6.07, 6.45) is 3.69. The molecule has 1 aliphatic heterocycles. The van der Waals surface area contributed by atoms with Gasteiger partial charge in [0.1, 0.15) is 5.82 Å². The monoisotopic (exact) mass is 527 g/mol. The van der Waals surface area contributed by atoms with E-state index in [1.54, 1.807) is 12.5 Å². The number of halogens is 3. The molecule has 1 aliphatic carbocycles. The summed E-state index contributed by atoms with van der Waals surface area (Å²) < 4.78 is 44.3. The topological polar surface area (TPSA) is 55.4 Å². The van der Waals surface area contributed by atoms with Crippen molar-refractivity contribution in [2.45, 2.75) is 25.4 Å². The summed E-state index contributed by atoms with van der Waals surface area (Å²) in [4.78, 5) is 23.3. The highest BCUT2D eigenvalue weighted by molar-refractivity contribution is 5.85. The summed E-state index contributed by atoms with van der Waals surface area (Å²) in [5.74, 6) is 0.907. The first-order valence-corrected chi connectivity index (χ1v) is 12.9. The molecule has 0 unspecified atom stereocenters. The molecule has 2 aromatic carbocycles. The molecule has 1 saturated carbocycles. The van der Waals surface area contributed by atoms with Crippen LogP contribution in [0.15, 0.2) is 78.8 Å². The largest absolute Gasteiger partial charge is 0.416 e. The molecule has 9 heteroatoms. The summed E-state index contributed by atoms with van der Waals surface area (Å²) in [5.41, 5.74) is 4.90. The van der Waals surface area contributed by atoms with E-state index in [1.165, 1.54) is 6.07 Å². The van der Waals surface area contributed by atoms with Gasteiger partial charge in [0.2, 0.25) is 5.91 Å². The average Bonchev–Trinajstić information content (AvgIpc) is 3.31. The van der Waals surface area contributed by atoms with E-state index in [9.17, 15) is 18.0 Å². The number of imidazole rings is 2. The number of hydrogen-bond donors (Lipinski definition) is 0. The predicted molar refractivity (Wildman–Crippen MR) is 143 cm³/mol. The number of nitrogens with zero attached hydrogens (tertiary/aromatic N) is 5. The fourth-order valence-electron chi connectivity index (χ4n) is 5.33. The van der Waals surface area contributed by atoms with E-state index in [4.69, 9.17) is 0 Å². The van der Waals surface area contributed by atoms with Gasteiger partial charge in [-0.3, -0.25) is 13.8 Å². The first-order chi connectivity index (χ1) is 18.8. The molecule has 5 aromatic rings. The van der Waals surface area contributed by atoms with E-state index >= 15 is 0 Å². The molecule has 3 aromatic heterocycles. The summed E-state index contributed by atoms with van der Waals surface area (Å²) >= 11 is 0. The van der Waals surface area contributed by atoms with Crippen LogP contribution in [-0.2, 0) is 11.0 Å². The Labute approximate surface area is 222 Å². The fourth-order valence-corrected chi connectivity index (χ4v) is 5.33. The Morgan fingerprint density at radius 2 is 1.79 bits per heavy atom. The number of alkyl halides is 3. The van der Waals surface area contributed by atoms with Crippen LogP contribution < -0.4 is 0 Å². The highest BCUT2D eigenvalue weighted by Crippen LogP contribution is 2.36. The van der Waals surface area contributed by atoms with Crippen molar-refractivity contribution in [3.8, 4) is 22.6 Å². The first-order valence-electron chi connectivity index (χ1n) is 12.9. The second kappa shape index (κ2) is 8.83. The van der Waals surface area contributed by atoms with Gasteiger partial charge >= 0.3 is 6.18 Å². The lowest BCUT2D eigenvalue weighted by Gasteiger charge is -2.14. The van der Waals surface area contributed by atoms with Gasteiger partial charge in [-0.15, -0.1) is 0 Å². The van der Waals surface area contributed by atoms with Gasteiger partial charge in [0.05, 0.1) is 40.3 Å². The van der Waals surface area contributed by atoms with E-state index in [-0.39, 0.29) is 17.3 Å². The molecule has 1 saturated heterocycles. The number of rotatable bonds is 4. The van der Waals surface area contributed by atoms with Gasteiger partial charge in [0, 0.05) is 30.8 Å². The molecule has 0 atom stereocenters. The van der Waals surface area contributed by atoms with Crippen LogP contribution in [0.1, 0.15) is 24.8 Å². The van der Waals surface area contributed by atoms with Gasteiger partial charge in [-0.25, -0.2) is 9.97 Å². The average molecular weight is 528 g/mol. The lowest BCUT2D eigenvalue weighted by Crippen LogP contribution is -2.29. The first kappa shape index (κ1) is 23.7. The number of benzene rings is 2. The quantitative estimate of drug-likeness (QED) is 0.267. The smallest absolute Gasteiger partial charge is 0.338 e. The van der Waals surface area contributed by atoms with Crippen molar-refractivity contribution < 1.29 is 18.0 Å². The third-order valence-electron chi connectivity index (χ3n) is 7.55.